The standard InChI is InChI=1S/C17H16Cl4O6S2/c1-8-5-12(16(20)10(3)14(8)18)26-28(22,23)7-29(24,25)27-13-6-9(2)15(19)11(4)17(13)21/h5-6H,7H2,1-4H3. The molecule has 29 heavy (non-hydrogen) atoms. The van der Waals surface area contributed by atoms with Gasteiger partial charge in [0.1, 0.15) is 0 Å². The van der Waals surface area contributed by atoms with Gasteiger partial charge in [-0.25, -0.2) is 0 Å². The summed E-state index contributed by atoms with van der Waals surface area (Å²) in [7, 11) is -9.26. The predicted octanol–water partition coefficient (Wildman–Crippen LogP) is 5.61. The number of halogens is 4. The number of hydrogen-bond acceptors (Lipinski definition) is 6. The van der Waals surface area contributed by atoms with Gasteiger partial charge in [0.2, 0.25) is 5.08 Å². The van der Waals surface area contributed by atoms with Crippen LogP contribution in [0.3, 0.4) is 0 Å². The zero-order valence-corrected chi connectivity index (χ0v) is 20.3. The maximum Gasteiger partial charge on any atom is 0.327 e. The number of rotatable bonds is 6. The molecule has 0 N–H and O–H groups in total. The molecule has 2 aromatic rings. The first-order valence-electron chi connectivity index (χ1n) is 7.90. The Morgan fingerprint density at radius 3 is 1.28 bits per heavy atom. The first-order valence-corrected chi connectivity index (χ1v) is 12.6. The Hall–Kier alpha value is -0.900. The molecule has 6 nitrogen and oxygen atoms in total. The molecule has 0 fully saturated rings. The van der Waals surface area contributed by atoms with Gasteiger partial charge in [0, 0.05) is 10.0 Å². The molecule has 0 aliphatic rings. The largest absolute Gasteiger partial charge is 0.380 e. The van der Waals surface area contributed by atoms with Crippen molar-refractivity contribution in [2.24, 2.45) is 0 Å². The average molecular weight is 522 g/mol. The second-order valence-electron chi connectivity index (χ2n) is 6.29. The van der Waals surface area contributed by atoms with Gasteiger partial charge in [0.15, 0.2) is 11.5 Å². The molecule has 12 heteroatoms. The van der Waals surface area contributed by atoms with Crippen LogP contribution in [0.1, 0.15) is 22.3 Å². The van der Waals surface area contributed by atoms with E-state index in [0.29, 0.717) is 32.3 Å². The van der Waals surface area contributed by atoms with E-state index in [1.165, 1.54) is 12.1 Å². The van der Waals surface area contributed by atoms with Gasteiger partial charge < -0.3 is 8.37 Å². The van der Waals surface area contributed by atoms with Crippen molar-refractivity contribution in [3.05, 3.63) is 54.5 Å². The normalized spacial score (nSPS) is 12.1. The molecule has 0 saturated carbocycles. The minimum absolute atomic E-state index is 0.0468. The lowest BCUT2D eigenvalue weighted by atomic mass is 10.1. The van der Waals surface area contributed by atoms with E-state index in [0.717, 1.165) is 0 Å². The molecule has 0 aromatic heterocycles. The van der Waals surface area contributed by atoms with Crippen LogP contribution in [-0.2, 0) is 20.2 Å². The topological polar surface area (TPSA) is 86.7 Å². The molecule has 0 radical (unpaired) electrons. The fourth-order valence-corrected chi connectivity index (χ4v) is 5.89. The van der Waals surface area contributed by atoms with Gasteiger partial charge in [0.25, 0.3) is 0 Å². The molecule has 0 aliphatic heterocycles. The third-order valence-corrected chi connectivity index (χ3v) is 9.14. The van der Waals surface area contributed by atoms with E-state index < -0.39 is 25.3 Å². The van der Waals surface area contributed by atoms with Crippen LogP contribution < -0.4 is 8.37 Å². The van der Waals surface area contributed by atoms with Crippen LogP contribution in [0, 0.1) is 27.7 Å². The quantitative estimate of drug-likeness (QED) is 0.459. The molecule has 160 valence electrons. The number of hydrogen-bond donors (Lipinski definition) is 0. The lowest BCUT2D eigenvalue weighted by molar-refractivity contribution is 0.474. The Morgan fingerprint density at radius 2 is 0.966 bits per heavy atom. The van der Waals surface area contributed by atoms with Crippen LogP contribution in [0.25, 0.3) is 0 Å². The van der Waals surface area contributed by atoms with Gasteiger partial charge >= 0.3 is 20.2 Å². The van der Waals surface area contributed by atoms with Gasteiger partial charge in [-0.05, 0) is 62.1 Å². The van der Waals surface area contributed by atoms with Crippen molar-refractivity contribution in [2.45, 2.75) is 27.7 Å². The Balaban J connectivity index is 2.31. The molecule has 2 aromatic carbocycles. The van der Waals surface area contributed by atoms with Crippen LogP contribution in [0.15, 0.2) is 12.1 Å². The van der Waals surface area contributed by atoms with Crippen molar-refractivity contribution in [1.82, 2.24) is 0 Å². The van der Waals surface area contributed by atoms with E-state index in [-0.39, 0.29) is 21.5 Å². The van der Waals surface area contributed by atoms with Crippen LogP contribution in [0.5, 0.6) is 11.5 Å². The predicted molar refractivity (Wildman–Crippen MR) is 116 cm³/mol. The minimum Gasteiger partial charge on any atom is -0.380 e. The van der Waals surface area contributed by atoms with Crippen LogP contribution in [0.2, 0.25) is 20.1 Å². The highest BCUT2D eigenvalue weighted by atomic mass is 35.5. The lowest BCUT2D eigenvalue weighted by Gasteiger charge is -2.14. The highest BCUT2D eigenvalue weighted by Crippen LogP contribution is 2.37. The fraction of sp³-hybridized carbons (Fsp3) is 0.294. The van der Waals surface area contributed by atoms with Gasteiger partial charge in [-0.2, -0.15) is 16.8 Å². The fourth-order valence-electron chi connectivity index (χ4n) is 2.42. The smallest absolute Gasteiger partial charge is 0.327 e. The molecule has 0 spiro atoms. The summed E-state index contributed by atoms with van der Waals surface area (Å²) in [6.45, 7) is 6.39. The molecule has 0 saturated heterocycles. The van der Waals surface area contributed by atoms with Gasteiger partial charge in [-0.15, -0.1) is 0 Å². The first-order chi connectivity index (χ1) is 13.1. The van der Waals surface area contributed by atoms with Crippen molar-refractivity contribution < 1.29 is 25.2 Å². The molecule has 0 amide bonds. The summed E-state index contributed by atoms with van der Waals surface area (Å²) in [6.07, 6.45) is 0. The van der Waals surface area contributed by atoms with Crippen molar-refractivity contribution in [3.63, 3.8) is 0 Å². The molecule has 0 heterocycles. The Kier molecular flexibility index (Phi) is 7.30. The van der Waals surface area contributed by atoms with Crippen molar-refractivity contribution in [3.8, 4) is 11.5 Å². The molecule has 0 atom stereocenters. The maximum atomic E-state index is 12.3. The first kappa shape index (κ1) is 24.4. The second-order valence-corrected chi connectivity index (χ2v) is 11.3. The van der Waals surface area contributed by atoms with E-state index in [1.54, 1.807) is 27.7 Å². The Labute approximate surface area is 189 Å². The molecule has 0 aliphatic carbocycles. The van der Waals surface area contributed by atoms with Crippen molar-refractivity contribution >= 4 is 66.6 Å². The van der Waals surface area contributed by atoms with E-state index in [1.807, 2.05) is 0 Å². The summed E-state index contributed by atoms with van der Waals surface area (Å²) in [6, 6.07) is 2.59. The number of benzene rings is 2. The van der Waals surface area contributed by atoms with Crippen molar-refractivity contribution in [2.75, 3.05) is 5.08 Å². The summed E-state index contributed by atoms with van der Waals surface area (Å²) >= 11 is 24.2. The van der Waals surface area contributed by atoms with Gasteiger partial charge in [-0.1, -0.05) is 46.4 Å². The average Bonchev–Trinajstić information content (AvgIpc) is 2.59. The SMILES string of the molecule is Cc1cc(OS(=O)(=O)CS(=O)(=O)Oc2cc(C)c(Cl)c(C)c2Cl)c(Cl)c(C)c1Cl. The van der Waals surface area contributed by atoms with E-state index in [4.69, 9.17) is 54.8 Å². The molecule has 0 bridgehead atoms. The zero-order chi connectivity index (χ0) is 22.3. The van der Waals surface area contributed by atoms with Crippen molar-refractivity contribution in [1.29, 1.82) is 0 Å². The van der Waals surface area contributed by atoms with Crippen LogP contribution >= 0.6 is 46.4 Å². The maximum absolute atomic E-state index is 12.3. The molecule has 0 unspecified atom stereocenters. The van der Waals surface area contributed by atoms with Crippen LogP contribution in [0.4, 0.5) is 0 Å². The summed E-state index contributed by atoms with van der Waals surface area (Å²) in [5.74, 6) is -0.477. The molecular formula is C17H16Cl4O6S2. The van der Waals surface area contributed by atoms with Gasteiger partial charge in [-0.3, -0.25) is 0 Å². The van der Waals surface area contributed by atoms with E-state index >= 15 is 0 Å². The molecule has 2 rings (SSSR count). The van der Waals surface area contributed by atoms with E-state index in [9.17, 15) is 16.8 Å². The second kappa shape index (κ2) is 8.69. The Bertz CT molecular complexity index is 1100. The minimum atomic E-state index is -4.63. The highest BCUT2D eigenvalue weighted by molar-refractivity contribution is 8.04. The third kappa shape index (κ3) is 5.62. The third-order valence-electron chi connectivity index (χ3n) is 3.86. The summed E-state index contributed by atoms with van der Waals surface area (Å²) < 4.78 is 59.0. The summed E-state index contributed by atoms with van der Waals surface area (Å²) in [5, 5.41) is -0.865. The zero-order valence-electron chi connectivity index (χ0n) is 15.6. The summed E-state index contributed by atoms with van der Waals surface area (Å²) in [4.78, 5) is 0. The molecular weight excluding hydrogens is 506 g/mol. The number of aryl methyl sites for hydroxylation is 2. The summed E-state index contributed by atoms with van der Waals surface area (Å²) in [5.41, 5.74) is 1.82. The lowest BCUT2D eigenvalue weighted by Crippen LogP contribution is -2.25. The Morgan fingerprint density at radius 1 is 0.655 bits per heavy atom. The highest BCUT2D eigenvalue weighted by Gasteiger charge is 2.29. The van der Waals surface area contributed by atoms with Crippen LogP contribution in [-0.4, -0.2) is 21.9 Å². The van der Waals surface area contributed by atoms with E-state index in [2.05, 4.69) is 0 Å². The monoisotopic (exact) mass is 520 g/mol. The van der Waals surface area contributed by atoms with Gasteiger partial charge in [0.05, 0.1) is 10.0 Å².